The van der Waals surface area contributed by atoms with Gasteiger partial charge in [0.25, 0.3) is 11.8 Å². The second-order valence-corrected chi connectivity index (χ2v) is 6.47. The topological polar surface area (TPSA) is 67.4 Å². The van der Waals surface area contributed by atoms with Gasteiger partial charge in [-0.05, 0) is 60.5 Å². The van der Waals surface area contributed by atoms with Gasteiger partial charge in [0.15, 0.2) is 0 Å². The summed E-state index contributed by atoms with van der Waals surface area (Å²) in [5.74, 6) is -0.0540. The van der Waals surface area contributed by atoms with Crippen molar-refractivity contribution in [3.8, 4) is 5.75 Å². The van der Waals surface area contributed by atoms with E-state index in [9.17, 15) is 9.59 Å². The number of carbonyl (C=O) groups excluding carboxylic acids is 2. The molecule has 0 heterocycles. The number of nitrogens with one attached hydrogen (secondary N) is 2. The van der Waals surface area contributed by atoms with Crippen LogP contribution in [0.25, 0.3) is 6.08 Å². The van der Waals surface area contributed by atoms with Crippen molar-refractivity contribution in [2.75, 3.05) is 12.4 Å². The molecule has 2 amide bonds. The zero-order chi connectivity index (χ0) is 20.6. The van der Waals surface area contributed by atoms with Gasteiger partial charge in [0.1, 0.15) is 11.4 Å². The fourth-order valence-electron chi connectivity index (χ4n) is 2.73. The molecule has 0 radical (unpaired) electrons. The van der Waals surface area contributed by atoms with Crippen LogP contribution in [0.5, 0.6) is 5.75 Å². The third kappa shape index (κ3) is 5.56. The highest BCUT2D eigenvalue weighted by molar-refractivity contribution is 6.10. The highest BCUT2D eigenvalue weighted by Gasteiger charge is 2.15. The Hall–Kier alpha value is -3.86. The molecule has 0 spiro atoms. The predicted molar refractivity (Wildman–Crippen MR) is 115 cm³/mol. The molecule has 146 valence electrons. The largest absolute Gasteiger partial charge is 0.497 e. The van der Waals surface area contributed by atoms with Crippen molar-refractivity contribution in [1.29, 1.82) is 0 Å². The molecule has 0 saturated heterocycles. The average molecular weight is 386 g/mol. The number of ether oxygens (including phenoxy) is 1. The van der Waals surface area contributed by atoms with Crippen molar-refractivity contribution in [2.24, 2.45) is 0 Å². The molecule has 3 aromatic rings. The molecule has 5 heteroatoms. The maximum atomic E-state index is 12.9. The summed E-state index contributed by atoms with van der Waals surface area (Å²) < 4.78 is 5.16. The first kappa shape index (κ1) is 19.9. The van der Waals surface area contributed by atoms with Crippen LogP contribution in [0.1, 0.15) is 21.5 Å². The average Bonchev–Trinajstić information content (AvgIpc) is 2.74. The molecular formula is C24H22N2O3. The van der Waals surface area contributed by atoms with Gasteiger partial charge >= 0.3 is 0 Å². The minimum absolute atomic E-state index is 0.144. The fourth-order valence-corrected chi connectivity index (χ4v) is 2.73. The van der Waals surface area contributed by atoms with E-state index in [4.69, 9.17) is 4.74 Å². The third-order valence-electron chi connectivity index (χ3n) is 4.23. The van der Waals surface area contributed by atoms with E-state index < -0.39 is 5.91 Å². The van der Waals surface area contributed by atoms with Gasteiger partial charge in [0, 0.05) is 11.3 Å². The number of hydrogen-bond acceptors (Lipinski definition) is 3. The van der Waals surface area contributed by atoms with Crippen LogP contribution >= 0.6 is 0 Å². The second kappa shape index (κ2) is 9.37. The molecule has 2 N–H and O–H groups in total. The number of hydrogen-bond donors (Lipinski definition) is 2. The molecule has 0 aromatic heterocycles. The number of carbonyl (C=O) groups is 2. The summed E-state index contributed by atoms with van der Waals surface area (Å²) in [6.07, 6.45) is 1.63. The summed E-state index contributed by atoms with van der Waals surface area (Å²) in [5.41, 5.74) is 3.05. The predicted octanol–water partition coefficient (Wildman–Crippen LogP) is 4.41. The van der Waals surface area contributed by atoms with E-state index in [0.29, 0.717) is 17.0 Å². The van der Waals surface area contributed by atoms with Crippen molar-refractivity contribution < 1.29 is 14.3 Å². The van der Waals surface area contributed by atoms with Crippen molar-refractivity contribution in [3.63, 3.8) is 0 Å². The first-order chi connectivity index (χ1) is 14.0. The monoisotopic (exact) mass is 386 g/mol. The first-order valence-corrected chi connectivity index (χ1v) is 9.15. The molecule has 0 aliphatic rings. The Bertz CT molecular complexity index is 1030. The summed E-state index contributed by atoms with van der Waals surface area (Å²) in [7, 11) is 1.59. The number of methoxy groups -OCH3 is 1. The zero-order valence-corrected chi connectivity index (χ0v) is 16.3. The van der Waals surface area contributed by atoms with Gasteiger partial charge in [-0.3, -0.25) is 9.59 Å². The lowest BCUT2D eigenvalue weighted by molar-refractivity contribution is -0.113. The second-order valence-electron chi connectivity index (χ2n) is 6.47. The first-order valence-electron chi connectivity index (χ1n) is 9.15. The molecule has 0 saturated carbocycles. The summed E-state index contributed by atoms with van der Waals surface area (Å²) in [4.78, 5) is 25.5. The molecule has 29 heavy (non-hydrogen) atoms. The van der Waals surface area contributed by atoms with Gasteiger partial charge in [0.2, 0.25) is 0 Å². The molecule has 0 unspecified atom stereocenters. The quantitative estimate of drug-likeness (QED) is 0.617. The Balaban J connectivity index is 1.88. The molecular weight excluding hydrogens is 364 g/mol. The Labute approximate surface area is 170 Å². The van der Waals surface area contributed by atoms with Gasteiger partial charge < -0.3 is 15.4 Å². The molecule has 0 aliphatic heterocycles. The van der Waals surface area contributed by atoms with E-state index in [0.717, 1.165) is 11.1 Å². The lowest BCUT2D eigenvalue weighted by Gasteiger charge is -2.12. The number of benzene rings is 3. The van der Waals surface area contributed by atoms with Crippen LogP contribution in [0.3, 0.4) is 0 Å². The lowest BCUT2D eigenvalue weighted by atomic mass is 10.1. The lowest BCUT2D eigenvalue weighted by Crippen LogP contribution is -2.30. The number of amides is 2. The van der Waals surface area contributed by atoms with Crippen LogP contribution in [0.15, 0.2) is 84.6 Å². The van der Waals surface area contributed by atoms with E-state index in [1.807, 2.05) is 43.3 Å². The maximum absolute atomic E-state index is 12.9. The van der Waals surface area contributed by atoms with Gasteiger partial charge in [-0.15, -0.1) is 0 Å². The highest BCUT2D eigenvalue weighted by Crippen LogP contribution is 2.16. The molecule has 0 aliphatic carbocycles. The Morgan fingerprint density at radius 3 is 2.28 bits per heavy atom. The number of rotatable bonds is 6. The molecule has 0 atom stereocenters. The number of aryl methyl sites for hydroxylation is 1. The van der Waals surface area contributed by atoms with Crippen LogP contribution < -0.4 is 15.4 Å². The van der Waals surface area contributed by atoms with Crippen LogP contribution in [0.2, 0.25) is 0 Å². The fraction of sp³-hybridized carbons (Fsp3) is 0.0833. The van der Waals surface area contributed by atoms with E-state index in [-0.39, 0.29) is 11.6 Å². The normalized spacial score (nSPS) is 10.9. The minimum Gasteiger partial charge on any atom is -0.497 e. The Kier molecular flexibility index (Phi) is 6.43. The van der Waals surface area contributed by atoms with Crippen molar-refractivity contribution in [3.05, 3.63) is 101 Å². The van der Waals surface area contributed by atoms with Crippen LogP contribution in [-0.4, -0.2) is 18.9 Å². The minimum atomic E-state index is -0.407. The molecule has 0 bridgehead atoms. The highest BCUT2D eigenvalue weighted by atomic mass is 16.5. The molecule has 5 nitrogen and oxygen atoms in total. The van der Waals surface area contributed by atoms with Crippen LogP contribution in [0, 0.1) is 6.92 Å². The van der Waals surface area contributed by atoms with E-state index in [1.165, 1.54) is 0 Å². The summed E-state index contributed by atoms with van der Waals surface area (Å²) in [6.45, 7) is 1.95. The van der Waals surface area contributed by atoms with E-state index in [1.54, 1.807) is 55.7 Å². The Morgan fingerprint density at radius 2 is 1.62 bits per heavy atom. The van der Waals surface area contributed by atoms with Gasteiger partial charge in [-0.1, -0.05) is 42.5 Å². The zero-order valence-electron chi connectivity index (χ0n) is 16.3. The molecule has 0 fully saturated rings. The van der Waals surface area contributed by atoms with E-state index >= 15 is 0 Å². The standard InChI is InChI=1S/C24H22N2O3/c1-17-7-6-10-20(15-17)25-24(28)22(16-18-11-13-21(29-2)14-12-18)26-23(27)19-8-4-3-5-9-19/h3-16H,1-2H3,(H,25,28)(H,26,27). The molecule has 3 rings (SSSR count). The van der Waals surface area contributed by atoms with Crippen molar-refractivity contribution in [2.45, 2.75) is 6.92 Å². The van der Waals surface area contributed by atoms with Gasteiger partial charge in [-0.2, -0.15) is 0 Å². The molecule has 3 aromatic carbocycles. The van der Waals surface area contributed by atoms with E-state index in [2.05, 4.69) is 10.6 Å². The van der Waals surface area contributed by atoms with Crippen molar-refractivity contribution in [1.82, 2.24) is 5.32 Å². The number of anilines is 1. The Morgan fingerprint density at radius 1 is 0.897 bits per heavy atom. The summed E-state index contributed by atoms with van der Waals surface area (Å²) in [5, 5.41) is 5.56. The van der Waals surface area contributed by atoms with Crippen LogP contribution in [-0.2, 0) is 4.79 Å². The summed E-state index contributed by atoms with van der Waals surface area (Å²) in [6, 6.07) is 23.4. The van der Waals surface area contributed by atoms with Gasteiger partial charge in [-0.25, -0.2) is 0 Å². The summed E-state index contributed by atoms with van der Waals surface area (Å²) >= 11 is 0. The SMILES string of the molecule is COc1ccc(C=C(NC(=O)c2ccccc2)C(=O)Nc2cccc(C)c2)cc1. The van der Waals surface area contributed by atoms with Gasteiger partial charge in [0.05, 0.1) is 7.11 Å². The van der Waals surface area contributed by atoms with Crippen LogP contribution in [0.4, 0.5) is 5.69 Å². The maximum Gasteiger partial charge on any atom is 0.272 e. The smallest absolute Gasteiger partial charge is 0.272 e. The third-order valence-corrected chi connectivity index (χ3v) is 4.23. The van der Waals surface area contributed by atoms with Crippen molar-refractivity contribution >= 4 is 23.6 Å².